The Labute approximate surface area is 89.7 Å². The maximum atomic E-state index is 5.50. The topological polar surface area (TPSA) is 42.2 Å². The van der Waals surface area contributed by atoms with Crippen molar-refractivity contribution in [3.8, 4) is 12.3 Å². The minimum absolute atomic E-state index is 0.576. The van der Waals surface area contributed by atoms with Gasteiger partial charge in [-0.15, -0.1) is 17.4 Å². The highest BCUT2D eigenvalue weighted by Gasteiger charge is 2.25. The fourth-order valence-electron chi connectivity index (χ4n) is 1.86. The zero-order valence-corrected chi connectivity index (χ0v) is 8.94. The molecule has 0 aliphatic carbocycles. The zero-order chi connectivity index (χ0) is 10.7. The van der Waals surface area contributed by atoms with E-state index in [-0.39, 0.29) is 0 Å². The Morgan fingerprint density at radius 1 is 1.60 bits per heavy atom. The number of rotatable bonds is 3. The molecule has 2 heterocycles. The number of nitrogens with zero attached hydrogens (tertiary/aromatic N) is 3. The standard InChI is InChI=1S/C11H15N3O/c1-3-5-9-6-7-14(8-9)11-13-12-10(4-2)15-11/h1,9H,4-8H2,2H3. The summed E-state index contributed by atoms with van der Waals surface area (Å²) in [5, 5.41) is 7.97. The molecule has 0 N–H and O–H groups in total. The molecule has 1 unspecified atom stereocenters. The highest BCUT2D eigenvalue weighted by atomic mass is 16.4. The third kappa shape index (κ3) is 2.12. The van der Waals surface area contributed by atoms with Gasteiger partial charge in [0.2, 0.25) is 5.89 Å². The van der Waals surface area contributed by atoms with Crippen molar-refractivity contribution in [3.05, 3.63) is 5.89 Å². The average Bonchev–Trinajstić information content (AvgIpc) is 2.85. The molecule has 0 radical (unpaired) electrons. The molecular weight excluding hydrogens is 190 g/mol. The molecule has 0 aromatic carbocycles. The van der Waals surface area contributed by atoms with Crippen LogP contribution < -0.4 is 4.90 Å². The third-order valence-electron chi connectivity index (χ3n) is 2.72. The van der Waals surface area contributed by atoms with Crippen LogP contribution in [-0.2, 0) is 6.42 Å². The molecular formula is C11H15N3O. The Hall–Kier alpha value is -1.50. The molecule has 15 heavy (non-hydrogen) atoms. The molecule has 4 heteroatoms. The minimum atomic E-state index is 0.576. The predicted octanol–water partition coefficient (Wildman–Crippen LogP) is 1.48. The Kier molecular flexibility index (Phi) is 2.91. The first-order valence-corrected chi connectivity index (χ1v) is 5.34. The molecule has 1 aliphatic rings. The fourth-order valence-corrected chi connectivity index (χ4v) is 1.86. The van der Waals surface area contributed by atoms with Crippen molar-refractivity contribution in [2.24, 2.45) is 5.92 Å². The van der Waals surface area contributed by atoms with Crippen LogP contribution in [0.3, 0.4) is 0 Å². The first-order valence-electron chi connectivity index (χ1n) is 5.34. The second-order valence-electron chi connectivity index (χ2n) is 3.84. The van der Waals surface area contributed by atoms with Crippen molar-refractivity contribution in [1.82, 2.24) is 10.2 Å². The molecule has 0 bridgehead atoms. The molecule has 0 saturated carbocycles. The van der Waals surface area contributed by atoms with Gasteiger partial charge in [0.25, 0.3) is 0 Å². The fraction of sp³-hybridized carbons (Fsp3) is 0.636. The highest BCUT2D eigenvalue weighted by Crippen LogP contribution is 2.24. The lowest BCUT2D eigenvalue weighted by molar-refractivity contribution is 0.493. The van der Waals surface area contributed by atoms with Crippen molar-refractivity contribution in [2.45, 2.75) is 26.2 Å². The van der Waals surface area contributed by atoms with Gasteiger partial charge in [-0.2, -0.15) is 0 Å². The van der Waals surface area contributed by atoms with Crippen LogP contribution in [0.2, 0.25) is 0 Å². The molecule has 1 aromatic rings. The monoisotopic (exact) mass is 205 g/mol. The van der Waals surface area contributed by atoms with Crippen molar-refractivity contribution < 1.29 is 4.42 Å². The van der Waals surface area contributed by atoms with Gasteiger partial charge in [0.05, 0.1) is 0 Å². The molecule has 1 aromatic heterocycles. The van der Waals surface area contributed by atoms with E-state index in [2.05, 4.69) is 21.0 Å². The first kappa shape index (κ1) is 10.0. The Morgan fingerprint density at radius 2 is 2.47 bits per heavy atom. The second kappa shape index (κ2) is 4.35. The number of anilines is 1. The summed E-state index contributed by atoms with van der Waals surface area (Å²) >= 11 is 0. The number of hydrogen-bond acceptors (Lipinski definition) is 4. The van der Waals surface area contributed by atoms with Crippen molar-refractivity contribution in [2.75, 3.05) is 18.0 Å². The van der Waals surface area contributed by atoms with Crippen LogP contribution in [0.5, 0.6) is 0 Å². The number of terminal acetylenes is 1. The zero-order valence-electron chi connectivity index (χ0n) is 8.94. The van der Waals surface area contributed by atoms with Gasteiger partial charge in [-0.1, -0.05) is 12.0 Å². The van der Waals surface area contributed by atoms with E-state index in [4.69, 9.17) is 10.8 Å². The van der Waals surface area contributed by atoms with Gasteiger partial charge in [0.15, 0.2) is 0 Å². The average molecular weight is 205 g/mol. The quantitative estimate of drug-likeness (QED) is 0.701. The smallest absolute Gasteiger partial charge is 0.318 e. The predicted molar refractivity (Wildman–Crippen MR) is 57.4 cm³/mol. The van der Waals surface area contributed by atoms with Crippen LogP contribution in [0.15, 0.2) is 4.42 Å². The van der Waals surface area contributed by atoms with E-state index in [0.29, 0.717) is 17.8 Å². The Balaban J connectivity index is 1.98. The summed E-state index contributed by atoms with van der Waals surface area (Å²) < 4.78 is 5.50. The second-order valence-corrected chi connectivity index (χ2v) is 3.84. The largest absolute Gasteiger partial charge is 0.408 e. The summed E-state index contributed by atoms with van der Waals surface area (Å²) in [5.74, 6) is 3.98. The summed E-state index contributed by atoms with van der Waals surface area (Å²) in [6, 6.07) is 0.645. The summed E-state index contributed by atoms with van der Waals surface area (Å²) in [6.45, 7) is 3.91. The highest BCUT2D eigenvalue weighted by molar-refractivity contribution is 5.26. The van der Waals surface area contributed by atoms with Crippen LogP contribution in [-0.4, -0.2) is 23.3 Å². The molecule has 0 spiro atoms. The lowest BCUT2D eigenvalue weighted by Crippen LogP contribution is -2.19. The molecule has 2 rings (SSSR count). The molecule has 4 nitrogen and oxygen atoms in total. The van der Waals surface area contributed by atoms with E-state index in [0.717, 1.165) is 32.4 Å². The maximum Gasteiger partial charge on any atom is 0.318 e. The van der Waals surface area contributed by atoms with Gasteiger partial charge in [-0.25, -0.2) is 0 Å². The van der Waals surface area contributed by atoms with Gasteiger partial charge < -0.3 is 9.32 Å². The van der Waals surface area contributed by atoms with Crippen LogP contribution in [0.25, 0.3) is 0 Å². The molecule has 80 valence electrons. The third-order valence-corrected chi connectivity index (χ3v) is 2.72. The molecule has 1 atom stereocenters. The van der Waals surface area contributed by atoms with E-state index >= 15 is 0 Å². The van der Waals surface area contributed by atoms with Crippen molar-refractivity contribution >= 4 is 6.01 Å². The van der Waals surface area contributed by atoms with E-state index < -0.39 is 0 Å². The Bertz CT molecular complexity index is 366. The lowest BCUT2D eigenvalue weighted by atomic mass is 10.1. The summed E-state index contributed by atoms with van der Waals surface area (Å²) in [6.07, 6.45) is 8.04. The van der Waals surface area contributed by atoms with Crippen LogP contribution in [0.1, 0.15) is 25.7 Å². The van der Waals surface area contributed by atoms with Gasteiger partial charge in [-0.05, 0) is 12.3 Å². The van der Waals surface area contributed by atoms with E-state index in [1.807, 2.05) is 6.92 Å². The van der Waals surface area contributed by atoms with E-state index in [9.17, 15) is 0 Å². The van der Waals surface area contributed by atoms with E-state index in [1.165, 1.54) is 0 Å². The van der Waals surface area contributed by atoms with Crippen LogP contribution >= 0.6 is 0 Å². The molecule has 1 fully saturated rings. The summed E-state index contributed by atoms with van der Waals surface area (Å²) in [7, 11) is 0. The molecule has 1 aliphatic heterocycles. The summed E-state index contributed by atoms with van der Waals surface area (Å²) in [4.78, 5) is 2.12. The van der Waals surface area contributed by atoms with Crippen molar-refractivity contribution in [1.29, 1.82) is 0 Å². The van der Waals surface area contributed by atoms with Gasteiger partial charge >= 0.3 is 6.01 Å². The lowest BCUT2D eigenvalue weighted by Gasteiger charge is -2.11. The van der Waals surface area contributed by atoms with Crippen LogP contribution in [0, 0.1) is 18.3 Å². The van der Waals surface area contributed by atoms with Crippen LogP contribution in [0.4, 0.5) is 6.01 Å². The molecule has 0 amide bonds. The molecule has 1 saturated heterocycles. The van der Waals surface area contributed by atoms with Crippen molar-refractivity contribution in [3.63, 3.8) is 0 Å². The SMILES string of the molecule is C#CCC1CCN(c2nnc(CC)o2)C1. The minimum Gasteiger partial charge on any atom is -0.408 e. The van der Waals surface area contributed by atoms with Gasteiger partial charge in [-0.3, -0.25) is 0 Å². The van der Waals surface area contributed by atoms with Gasteiger partial charge in [0.1, 0.15) is 0 Å². The number of aromatic nitrogens is 2. The number of hydrogen-bond donors (Lipinski definition) is 0. The normalized spacial score (nSPS) is 20.5. The van der Waals surface area contributed by atoms with Gasteiger partial charge in [0, 0.05) is 25.9 Å². The first-order chi connectivity index (χ1) is 7.33. The van der Waals surface area contributed by atoms with E-state index in [1.54, 1.807) is 0 Å². The number of aryl methyl sites for hydroxylation is 1. The maximum absolute atomic E-state index is 5.50. The Morgan fingerprint density at radius 3 is 3.13 bits per heavy atom. The summed E-state index contributed by atoms with van der Waals surface area (Å²) in [5.41, 5.74) is 0.